The quantitative estimate of drug-likeness (QED) is 0.607. The van der Waals surface area contributed by atoms with Gasteiger partial charge in [-0.2, -0.15) is 0 Å². The summed E-state index contributed by atoms with van der Waals surface area (Å²) in [6.07, 6.45) is 1.66. The van der Waals surface area contributed by atoms with Crippen LogP contribution in [0.2, 0.25) is 0 Å². The summed E-state index contributed by atoms with van der Waals surface area (Å²) >= 11 is 0. The van der Waals surface area contributed by atoms with Gasteiger partial charge in [0.05, 0.1) is 0 Å². The van der Waals surface area contributed by atoms with Crippen molar-refractivity contribution in [3.8, 4) is 0 Å². The average Bonchev–Trinajstić information content (AvgIpc) is 2.69. The average molecular weight is 295 g/mol. The number of hydrogen-bond donors (Lipinski definition) is 0. The van der Waals surface area contributed by atoms with Crippen LogP contribution in [0.5, 0.6) is 0 Å². The monoisotopic (exact) mass is 295 g/mol. The Bertz CT molecular complexity index is 759. The molecule has 0 bridgehead atoms. The van der Waals surface area contributed by atoms with Crippen LogP contribution < -0.4 is 4.90 Å². The predicted octanol–water partition coefficient (Wildman–Crippen LogP) is 4.32. The van der Waals surface area contributed by atoms with E-state index >= 15 is 0 Å². The summed E-state index contributed by atoms with van der Waals surface area (Å²) in [4.78, 5) is 14.5. The Morgan fingerprint density at radius 2 is 1.73 bits per heavy atom. The topological polar surface area (TPSA) is 20.3 Å². The summed E-state index contributed by atoms with van der Waals surface area (Å²) in [5.74, 6) is -0.447. The maximum absolute atomic E-state index is 13.0. The van der Waals surface area contributed by atoms with E-state index in [1.807, 2.05) is 19.2 Å². The Morgan fingerprint density at radius 1 is 1.09 bits per heavy atom. The molecule has 0 spiro atoms. The number of carbonyl (C=O) groups is 1. The molecule has 2 nitrogen and oxygen atoms in total. The Morgan fingerprint density at radius 3 is 2.36 bits per heavy atom. The van der Waals surface area contributed by atoms with Crippen molar-refractivity contribution in [1.82, 2.24) is 0 Å². The minimum Gasteiger partial charge on any atom is -0.347 e. The Hall–Kier alpha value is -2.42. The first-order chi connectivity index (χ1) is 10.4. The van der Waals surface area contributed by atoms with Gasteiger partial charge in [-0.15, -0.1) is 0 Å². The van der Waals surface area contributed by atoms with E-state index in [2.05, 4.69) is 30.9 Å². The zero-order valence-corrected chi connectivity index (χ0v) is 12.9. The molecule has 0 radical (unpaired) electrons. The highest BCUT2D eigenvalue weighted by Gasteiger charge is 2.38. The van der Waals surface area contributed by atoms with Gasteiger partial charge < -0.3 is 4.90 Å². The number of ketones is 1. The maximum atomic E-state index is 13.0. The lowest BCUT2D eigenvalue weighted by atomic mass is 9.83. The lowest BCUT2D eigenvalue weighted by Crippen LogP contribution is -2.24. The Balaban J connectivity index is 2.01. The number of anilines is 1. The van der Waals surface area contributed by atoms with Gasteiger partial charge in [-0.1, -0.05) is 32.0 Å². The Kier molecular flexibility index (Phi) is 3.36. The third-order valence-electron chi connectivity index (χ3n) is 4.34. The van der Waals surface area contributed by atoms with Crippen molar-refractivity contribution in [2.24, 2.45) is 0 Å². The number of hydrogen-bond acceptors (Lipinski definition) is 2. The van der Waals surface area contributed by atoms with Gasteiger partial charge in [-0.3, -0.25) is 4.79 Å². The number of rotatable bonds is 2. The van der Waals surface area contributed by atoms with E-state index in [4.69, 9.17) is 0 Å². The molecule has 2 aromatic rings. The van der Waals surface area contributed by atoms with Gasteiger partial charge >= 0.3 is 0 Å². The molecular formula is C19H18FNO. The number of allylic oxidation sites excluding steroid dienone is 2. The molecule has 1 aliphatic heterocycles. The molecule has 3 rings (SSSR count). The molecule has 112 valence electrons. The number of halogens is 1. The van der Waals surface area contributed by atoms with Crippen LogP contribution in [0, 0.1) is 5.82 Å². The van der Waals surface area contributed by atoms with Crippen molar-refractivity contribution in [1.29, 1.82) is 0 Å². The summed E-state index contributed by atoms with van der Waals surface area (Å²) in [5, 5.41) is 0. The second-order valence-electron chi connectivity index (χ2n) is 6.10. The molecule has 0 aromatic heterocycles. The predicted molar refractivity (Wildman–Crippen MR) is 86.7 cm³/mol. The molecule has 0 amide bonds. The van der Waals surface area contributed by atoms with Crippen LogP contribution in [-0.4, -0.2) is 12.8 Å². The van der Waals surface area contributed by atoms with Crippen LogP contribution in [0.15, 0.2) is 60.3 Å². The number of likely N-dealkylation sites (N-methyl/N-ethyl adjacent to an activating group) is 1. The van der Waals surface area contributed by atoms with Crippen LogP contribution in [0.3, 0.4) is 0 Å². The van der Waals surface area contributed by atoms with E-state index in [-0.39, 0.29) is 17.0 Å². The molecule has 22 heavy (non-hydrogen) atoms. The van der Waals surface area contributed by atoms with E-state index in [1.54, 1.807) is 6.08 Å². The zero-order chi connectivity index (χ0) is 15.9. The molecule has 3 heteroatoms. The van der Waals surface area contributed by atoms with Crippen LogP contribution in [0.4, 0.5) is 10.1 Å². The van der Waals surface area contributed by atoms with E-state index in [0.717, 1.165) is 11.4 Å². The van der Waals surface area contributed by atoms with Gasteiger partial charge in [-0.25, -0.2) is 4.39 Å². The largest absolute Gasteiger partial charge is 0.347 e. The van der Waals surface area contributed by atoms with Gasteiger partial charge in [-0.05, 0) is 35.9 Å². The number of para-hydroxylation sites is 1. The summed E-state index contributed by atoms with van der Waals surface area (Å²) in [5.41, 5.74) is 3.53. The molecule has 0 atom stereocenters. The molecular weight excluding hydrogens is 277 g/mol. The number of nitrogens with zero attached hydrogens (tertiary/aromatic N) is 1. The van der Waals surface area contributed by atoms with Gasteiger partial charge in [0, 0.05) is 35.5 Å². The van der Waals surface area contributed by atoms with Crippen molar-refractivity contribution in [3.63, 3.8) is 0 Å². The third kappa shape index (κ3) is 2.23. The fourth-order valence-corrected chi connectivity index (χ4v) is 3.08. The van der Waals surface area contributed by atoms with Crippen LogP contribution in [-0.2, 0) is 5.41 Å². The third-order valence-corrected chi connectivity index (χ3v) is 4.34. The molecule has 1 aliphatic rings. The number of fused-ring (bicyclic) bond motifs is 1. The van der Waals surface area contributed by atoms with E-state index in [9.17, 15) is 9.18 Å². The van der Waals surface area contributed by atoms with Crippen molar-refractivity contribution >= 4 is 11.5 Å². The highest BCUT2D eigenvalue weighted by atomic mass is 19.1. The van der Waals surface area contributed by atoms with Crippen LogP contribution in [0.25, 0.3) is 0 Å². The van der Waals surface area contributed by atoms with Gasteiger partial charge in [0.15, 0.2) is 5.78 Å². The van der Waals surface area contributed by atoms with Crippen molar-refractivity contribution in [3.05, 3.63) is 77.2 Å². The molecule has 0 saturated carbocycles. The maximum Gasteiger partial charge on any atom is 0.187 e. The van der Waals surface area contributed by atoms with Crippen LogP contribution in [0.1, 0.15) is 29.8 Å². The number of carbonyl (C=O) groups excluding carboxylic acids is 1. The molecule has 0 N–H and O–H groups in total. The van der Waals surface area contributed by atoms with Crippen molar-refractivity contribution in [2.45, 2.75) is 19.3 Å². The molecule has 0 aliphatic carbocycles. The SMILES string of the molecule is CN1C(=CC(=O)c2ccc(F)cc2)C(C)(C)c2ccccc21. The minimum atomic E-state index is -0.338. The normalized spacial score (nSPS) is 17.6. The minimum absolute atomic E-state index is 0.109. The smallest absolute Gasteiger partial charge is 0.187 e. The second kappa shape index (κ2) is 5.09. The van der Waals surface area contributed by atoms with Crippen molar-refractivity contribution < 1.29 is 9.18 Å². The van der Waals surface area contributed by atoms with Crippen LogP contribution >= 0.6 is 0 Å². The molecule has 0 fully saturated rings. The van der Waals surface area contributed by atoms with E-state index in [1.165, 1.54) is 29.8 Å². The van der Waals surface area contributed by atoms with Gasteiger partial charge in [0.1, 0.15) is 5.82 Å². The first-order valence-corrected chi connectivity index (χ1v) is 7.26. The molecule has 0 saturated heterocycles. The summed E-state index contributed by atoms with van der Waals surface area (Å²) in [6, 6.07) is 13.8. The lowest BCUT2D eigenvalue weighted by molar-refractivity contribution is 0.104. The fourth-order valence-electron chi connectivity index (χ4n) is 3.08. The Labute approximate surface area is 129 Å². The highest BCUT2D eigenvalue weighted by molar-refractivity contribution is 6.05. The van der Waals surface area contributed by atoms with Crippen molar-refractivity contribution in [2.75, 3.05) is 11.9 Å². The first kappa shape index (κ1) is 14.5. The van der Waals surface area contributed by atoms with Gasteiger partial charge in [0.25, 0.3) is 0 Å². The summed E-state index contributed by atoms with van der Waals surface area (Å²) in [6.45, 7) is 4.22. The second-order valence-corrected chi connectivity index (χ2v) is 6.10. The lowest BCUT2D eigenvalue weighted by Gasteiger charge is -2.23. The van der Waals surface area contributed by atoms with Gasteiger partial charge in [0.2, 0.25) is 0 Å². The van der Waals surface area contributed by atoms with E-state index < -0.39 is 0 Å². The standard InChI is InChI=1S/C19H18FNO/c1-19(2)15-6-4-5-7-16(15)21(3)18(19)12-17(22)13-8-10-14(20)11-9-13/h4-12H,1-3H3. The number of benzene rings is 2. The van der Waals surface area contributed by atoms with E-state index in [0.29, 0.717) is 5.56 Å². The molecule has 2 aromatic carbocycles. The molecule has 0 unspecified atom stereocenters. The summed E-state index contributed by atoms with van der Waals surface area (Å²) < 4.78 is 13.0. The molecule has 1 heterocycles. The zero-order valence-electron chi connectivity index (χ0n) is 12.9. The first-order valence-electron chi connectivity index (χ1n) is 7.26. The highest BCUT2D eigenvalue weighted by Crippen LogP contribution is 2.46. The fraction of sp³-hybridized carbons (Fsp3) is 0.211. The summed E-state index contributed by atoms with van der Waals surface area (Å²) in [7, 11) is 1.97.